The quantitative estimate of drug-likeness (QED) is 0.640. The Labute approximate surface area is 125 Å². The second-order valence-electron chi connectivity index (χ2n) is 5.15. The van der Waals surface area contributed by atoms with Crippen molar-refractivity contribution < 1.29 is 0 Å². The monoisotopic (exact) mass is 271 g/mol. The van der Waals surface area contributed by atoms with Crippen LogP contribution >= 0.6 is 0 Å². The van der Waals surface area contributed by atoms with Crippen molar-refractivity contribution in [1.29, 1.82) is 0 Å². The van der Waals surface area contributed by atoms with Gasteiger partial charge in [0.1, 0.15) is 0 Å². The number of anilines is 1. The number of hydrogen-bond donors (Lipinski definition) is 0. The van der Waals surface area contributed by atoms with Gasteiger partial charge in [-0.15, -0.1) is 0 Å². The summed E-state index contributed by atoms with van der Waals surface area (Å²) in [4.78, 5) is 2.45. The number of rotatable bonds is 5. The van der Waals surface area contributed by atoms with Gasteiger partial charge in [-0.05, 0) is 42.5 Å². The van der Waals surface area contributed by atoms with Gasteiger partial charge < -0.3 is 4.90 Å². The van der Waals surface area contributed by atoms with Crippen molar-refractivity contribution in [2.24, 2.45) is 0 Å². The Morgan fingerprint density at radius 2 is 1.60 bits per heavy atom. The van der Waals surface area contributed by atoms with Gasteiger partial charge in [0, 0.05) is 11.9 Å². The Morgan fingerprint density at radius 1 is 0.950 bits per heavy atom. The first-order valence-corrected chi connectivity index (χ1v) is 7.55. The molecule has 0 saturated carbocycles. The van der Waals surface area contributed by atoms with Gasteiger partial charge in [-0.1, -0.05) is 58.9 Å². The Morgan fingerprint density at radius 3 is 2.15 bits per heavy atom. The lowest BCUT2D eigenvalue weighted by Crippen LogP contribution is -2.32. The first-order chi connectivity index (χ1) is 9.30. The Kier molecular flexibility index (Phi) is 6.57. The molecular formula is C19H29N. The maximum absolute atomic E-state index is 2.48. The van der Waals surface area contributed by atoms with E-state index in [1.165, 1.54) is 29.7 Å². The molecule has 1 unspecified atom stereocenters. The number of para-hydroxylation sites is 1. The first kappa shape index (κ1) is 16.6. The highest BCUT2D eigenvalue weighted by Gasteiger charge is 2.20. The van der Waals surface area contributed by atoms with Crippen molar-refractivity contribution in [3.63, 3.8) is 0 Å². The van der Waals surface area contributed by atoms with Crippen LogP contribution in [-0.4, -0.2) is 6.04 Å². The van der Waals surface area contributed by atoms with E-state index in [9.17, 15) is 0 Å². The lowest BCUT2D eigenvalue weighted by atomic mass is 9.93. The third-order valence-electron chi connectivity index (χ3n) is 3.86. The van der Waals surface area contributed by atoms with Crippen molar-refractivity contribution in [3.05, 3.63) is 53.8 Å². The second kappa shape index (κ2) is 7.94. The van der Waals surface area contributed by atoms with Crippen LogP contribution in [0.1, 0.15) is 53.9 Å². The average molecular weight is 271 g/mol. The van der Waals surface area contributed by atoms with E-state index in [2.05, 4.69) is 68.3 Å². The van der Waals surface area contributed by atoms with Crippen molar-refractivity contribution in [3.8, 4) is 0 Å². The first-order valence-electron chi connectivity index (χ1n) is 7.55. The molecule has 1 aliphatic rings. The largest absolute Gasteiger partial charge is 0.341 e. The van der Waals surface area contributed by atoms with E-state index in [1.54, 1.807) is 0 Å². The van der Waals surface area contributed by atoms with Crippen LogP contribution in [0.2, 0.25) is 0 Å². The second-order valence-corrected chi connectivity index (χ2v) is 5.15. The van der Waals surface area contributed by atoms with Crippen molar-refractivity contribution in [2.75, 3.05) is 4.90 Å². The summed E-state index contributed by atoms with van der Waals surface area (Å²) in [6, 6.07) is 11.2. The molecule has 110 valence electrons. The maximum Gasteiger partial charge on any atom is 0.0522 e. The van der Waals surface area contributed by atoms with Crippen molar-refractivity contribution in [1.82, 2.24) is 0 Å². The molecule has 0 bridgehead atoms. The van der Waals surface area contributed by atoms with E-state index in [4.69, 9.17) is 0 Å². The Balaban J connectivity index is 0.00000200. The van der Waals surface area contributed by atoms with E-state index < -0.39 is 0 Å². The fourth-order valence-electron chi connectivity index (χ4n) is 2.81. The summed E-state index contributed by atoms with van der Waals surface area (Å²) >= 11 is 0. The minimum absolute atomic E-state index is 0. The molecular weight excluding hydrogens is 242 g/mol. The molecule has 0 saturated heterocycles. The van der Waals surface area contributed by atoms with Gasteiger partial charge in [0.05, 0.1) is 6.04 Å². The minimum Gasteiger partial charge on any atom is -0.341 e. The van der Waals surface area contributed by atoms with Crippen molar-refractivity contribution >= 4 is 5.69 Å². The summed E-state index contributed by atoms with van der Waals surface area (Å²) in [5, 5.41) is 0. The molecule has 2 rings (SSSR count). The van der Waals surface area contributed by atoms with E-state index in [0.717, 1.165) is 12.8 Å². The molecule has 0 radical (unpaired) electrons. The van der Waals surface area contributed by atoms with Crippen LogP contribution in [0.25, 0.3) is 0 Å². The molecule has 20 heavy (non-hydrogen) atoms. The molecule has 1 atom stereocenters. The molecule has 1 nitrogen and oxygen atoms in total. The van der Waals surface area contributed by atoms with Crippen LogP contribution in [0.4, 0.5) is 5.69 Å². The van der Waals surface area contributed by atoms with Gasteiger partial charge in [-0.3, -0.25) is 0 Å². The topological polar surface area (TPSA) is 3.24 Å². The summed E-state index contributed by atoms with van der Waals surface area (Å²) in [6.45, 7) is 6.77. The van der Waals surface area contributed by atoms with Gasteiger partial charge in [-0.25, -0.2) is 0 Å². The molecule has 1 aliphatic heterocycles. The highest BCUT2D eigenvalue weighted by atomic mass is 15.1. The Hall–Kier alpha value is -1.50. The molecule has 1 aromatic rings. The summed E-state index contributed by atoms with van der Waals surface area (Å²) < 4.78 is 0. The van der Waals surface area contributed by atoms with Crippen LogP contribution in [-0.2, 0) is 0 Å². The van der Waals surface area contributed by atoms with Crippen molar-refractivity contribution in [2.45, 2.75) is 59.9 Å². The lowest BCUT2D eigenvalue weighted by Gasteiger charge is -2.34. The normalized spacial score (nSPS) is 18.1. The number of nitrogens with zero attached hydrogens (tertiary/aromatic N) is 1. The van der Waals surface area contributed by atoms with E-state index in [0.29, 0.717) is 6.04 Å². The predicted molar refractivity (Wildman–Crippen MR) is 91.1 cm³/mol. The fraction of sp³-hybridized carbons (Fsp3) is 0.474. The van der Waals surface area contributed by atoms with E-state index >= 15 is 0 Å². The van der Waals surface area contributed by atoms with Gasteiger partial charge in [-0.2, -0.15) is 0 Å². The number of hydrogen-bond acceptors (Lipinski definition) is 1. The van der Waals surface area contributed by atoms with Crippen LogP contribution in [0, 0.1) is 0 Å². The molecule has 0 aromatic heterocycles. The Bertz CT molecular complexity index is 456. The summed E-state index contributed by atoms with van der Waals surface area (Å²) in [5.41, 5.74) is 4.32. The highest BCUT2D eigenvalue weighted by Crippen LogP contribution is 2.31. The molecule has 0 aliphatic carbocycles. The highest BCUT2D eigenvalue weighted by molar-refractivity contribution is 5.56. The summed E-state index contributed by atoms with van der Waals surface area (Å²) in [5.74, 6) is 0. The zero-order valence-electron chi connectivity index (χ0n) is 12.4. The molecule has 1 aromatic carbocycles. The number of benzene rings is 1. The number of allylic oxidation sites excluding steroid dienone is 2. The standard InChI is InChI=1S/C18H25N.CH4/c1-4-10-18-13-15(5-2)16(6-3)14-19(18)17-11-8-7-9-12-17;/h7-9,11-14,18H,4-6,10H2,1-3H3;1H4. The predicted octanol–water partition coefficient (Wildman–Crippen LogP) is 5.94. The van der Waals surface area contributed by atoms with Gasteiger partial charge in [0.2, 0.25) is 0 Å². The molecule has 0 N–H and O–H groups in total. The lowest BCUT2D eigenvalue weighted by molar-refractivity contribution is 0.662. The van der Waals surface area contributed by atoms with Gasteiger partial charge >= 0.3 is 0 Å². The van der Waals surface area contributed by atoms with Crippen LogP contribution in [0.5, 0.6) is 0 Å². The third kappa shape index (κ3) is 3.53. The summed E-state index contributed by atoms with van der Waals surface area (Å²) in [6.07, 6.45) is 9.54. The SMILES string of the molecule is C.CCCC1C=C(CC)C(CC)=CN1c1ccccc1. The minimum atomic E-state index is 0. The molecule has 1 heterocycles. The van der Waals surface area contributed by atoms with Crippen LogP contribution in [0.3, 0.4) is 0 Å². The van der Waals surface area contributed by atoms with E-state index in [-0.39, 0.29) is 7.43 Å². The smallest absolute Gasteiger partial charge is 0.0522 e. The average Bonchev–Trinajstić information content (AvgIpc) is 2.48. The maximum atomic E-state index is 2.48. The van der Waals surface area contributed by atoms with Crippen LogP contribution < -0.4 is 4.90 Å². The fourth-order valence-corrected chi connectivity index (χ4v) is 2.81. The van der Waals surface area contributed by atoms with Crippen LogP contribution in [0.15, 0.2) is 53.8 Å². The molecule has 0 amide bonds. The molecule has 0 fully saturated rings. The van der Waals surface area contributed by atoms with Gasteiger partial charge in [0.25, 0.3) is 0 Å². The zero-order chi connectivity index (χ0) is 13.7. The van der Waals surface area contributed by atoms with Gasteiger partial charge in [0.15, 0.2) is 0 Å². The van der Waals surface area contributed by atoms with E-state index in [1.807, 2.05) is 0 Å². The third-order valence-corrected chi connectivity index (χ3v) is 3.86. The zero-order valence-corrected chi connectivity index (χ0v) is 12.4. The molecule has 1 heteroatoms. The molecule has 0 spiro atoms. The summed E-state index contributed by atoms with van der Waals surface area (Å²) in [7, 11) is 0.